The lowest BCUT2D eigenvalue weighted by Crippen LogP contribution is -2.37. The van der Waals surface area contributed by atoms with Gasteiger partial charge in [0.1, 0.15) is 0 Å². The molecule has 17 heavy (non-hydrogen) atoms. The Hall–Kier alpha value is -0.540. The molecule has 3 nitrogen and oxygen atoms in total. The normalized spacial score (nSPS) is 18.1. The largest absolute Gasteiger partial charge is 0.327 e. The number of halogens is 1. The second kappa shape index (κ2) is 5.40. The Morgan fingerprint density at radius 2 is 2.18 bits per heavy atom. The topological polar surface area (TPSA) is 43.8 Å². The molecule has 1 saturated carbocycles. The van der Waals surface area contributed by atoms with Gasteiger partial charge in [-0.15, -0.1) is 0 Å². The van der Waals surface area contributed by atoms with E-state index >= 15 is 0 Å². The molecule has 0 aromatic carbocycles. The molecule has 0 bridgehead atoms. The number of hydrogen-bond acceptors (Lipinski definition) is 2. The number of aryl methyl sites for hydroxylation is 2. The van der Waals surface area contributed by atoms with Crippen LogP contribution in [0.15, 0.2) is 0 Å². The summed E-state index contributed by atoms with van der Waals surface area (Å²) in [6, 6.07) is 0.243. The van der Waals surface area contributed by atoms with Crippen LogP contribution in [0.25, 0.3) is 0 Å². The highest BCUT2D eigenvalue weighted by atomic mass is 35.5. The van der Waals surface area contributed by atoms with Gasteiger partial charge in [-0.25, -0.2) is 0 Å². The Morgan fingerprint density at radius 3 is 2.65 bits per heavy atom. The van der Waals surface area contributed by atoms with Crippen LogP contribution in [0.1, 0.15) is 44.5 Å². The minimum absolute atomic E-state index is 0.243. The molecule has 0 radical (unpaired) electrons. The highest BCUT2D eigenvalue weighted by Gasteiger charge is 2.26. The molecule has 0 amide bonds. The first-order chi connectivity index (χ1) is 8.17. The highest BCUT2D eigenvalue weighted by molar-refractivity contribution is 6.31. The first-order valence-corrected chi connectivity index (χ1v) is 7.04. The lowest BCUT2D eigenvalue weighted by Gasteiger charge is -2.31. The van der Waals surface area contributed by atoms with Gasteiger partial charge in [-0.3, -0.25) is 4.68 Å². The van der Waals surface area contributed by atoms with Crippen LogP contribution < -0.4 is 5.73 Å². The fraction of sp³-hybridized carbons (Fsp3) is 0.769. The molecule has 0 aliphatic heterocycles. The quantitative estimate of drug-likeness (QED) is 0.879. The molecular formula is C13H22ClN3. The second-order valence-corrected chi connectivity index (χ2v) is 5.31. The molecule has 0 spiro atoms. The predicted octanol–water partition coefficient (Wildman–Crippen LogP) is 2.79. The fourth-order valence-corrected chi connectivity index (χ4v) is 2.82. The number of hydrogen-bond donors (Lipinski definition) is 1. The molecule has 1 atom stereocenters. The van der Waals surface area contributed by atoms with Crippen molar-refractivity contribution in [3.63, 3.8) is 0 Å². The van der Waals surface area contributed by atoms with Crippen molar-refractivity contribution in [2.24, 2.45) is 11.7 Å². The van der Waals surface area contributed by atoms with Gasteiger partial charge in [-0.2, -0.15) is 5.10 Å². The molecular weight excluding hydrogens is 234 g/mol. The van der Waals surface area contributed by atoms with E-state index in [1.54, 1.807) is 0 Å². The van der Waals surface area contributed by atoms with Gasteiger partial charge >= 0.3 is 0 Å². The molecule has 4 heteroatoms. The van der Waals surface area contributed by atoms with Crippen LogP contribution in [-0.2, 0) is 19.4 Å². The Bertz CT molecular complexity index is 382. The minimum atomic E-state index is 0.243. The summed E-state index contributed by atoms with van der Waals surface area (Å²) in [5, 5.41) is 5.37. The lowest BCUT2D eigenvalue weighted by atomic mass is 9.78. The van der Waals surface area contributed by atoms with Gasteiger partial charge in [0.2, 0.25) is 0 Å². The van der Waals surface area contributed by atoms with Crippen LogP contribution in [0.5, 0.6) is 0 Å². The number of rotatable bonds is 5. The Balaban J connectivity index is 2.15. The summed E-state index contributed by atoms with van der Waals surface area (Å²) in [7, 11) is 0. The third-order valence-electron chi connectivity index (χ3n) is 3.88. The zero-order valence-corrected chi connectivity index (χ0v) is 11.5. The van der Waals surface area contributed by atoms with Gasteiger partial charge in [-0.1, -0.05) is 24.9 Å². The van der Waals surface area contributed by atoms with Crippen molar-refractivity contribution in [1.82, 2.24) is 9.78 Å². The molecule has 2 N–H and O–H groups in total. The van der Waals surface area contributed by atoms with E-state index in [-0.39, 0.29) is 6.04 Å². The smallest absolute Gasteiger partial charge is 0.0850 e. The Labute approximate surface area is 108 Å². The van der Waals surface area contributed by atoms with Gasteiger partial charge in [0, 0.05) is 19.0 Å². The van der Waals surface area contributed by atoms with E-state index in [1.165, 1.54) is 19.3 Å². The first-order valence-electron chi connectivity index (χ1n) is 6.67. The highest BCUT2D eigenvalue weighted by Crippen LogP contribution is 2.31. The molecule has 96 valence electrons. The maximum Gasteiger partial charge on any atom is 0.0850 e. The number of nitrogens with zero attached hydrogens (tertiary/aromatic N) is 2. The third kappa shape index (κ3) is 2.50. The van der Waals surface area contributed by atoms with Gasteiger partial charge in [0.05, 0.1) is 16.4 Å². The monoisotopic (exact) mass is 255 g/mol. The summed E-state index contributed by atoms with van der Waals surface area (Å²) in [6.07, 6.45) is 5.64. The predicted molar refractivity (Wildman–Crippen MR) is 71.3 cm³/mol. The fourth-order valence-electron chi connectivity index (χ4n) is 2.47. The van der Waals surface area contributed by atoms with Gasteiger partial charge in [0.25, 0.3) is 0 Å². The van der Waals surface area contributed by atoms with Crippen LogP contribution >= 0.6 is 11.6 Å². The SMILES string of the molecule is CCc1nn(CC)c(CC(N)C2CCC2)c1Cl. The van der Waals surface area contributed by atoms with E-state index in [2.05, 4.69) is 18.9 Å². The summed E-state index contributed by atoms with van der Waals surface area (Å²) in [5.74, 6) is 0.691. The summed E-state index contributed by atoms with van der Waals surface area (Å²) >= 11 is 6.38. The zero-order valence-electron chi connectivity index (χ0n) is 10.7. The van der Waals surface area contributed by atoms with E-state index in [0.717, 1.165) is 35.8 Å². The first kappa shape index (κ1) is 12.9. The lowest BCUT2D eigenvalue weighted by molar-refractivity contribution is 0.258. The maximum absolute atomic E-state index is 6.38. The Morgan fingerprint density at radius 1 is 1.47 bits per heavy atom. The minimum Gasteiger partial charge on any atom is -0.327 e. The second-order valence-electron chi connectivity index (χ2n) is 4.94. The standard InChI is InChI=1S/C13H22ClN3/c1-3-11-13(14)12(17(4-2)16-11)8-10(15)9-6-5-7-9/h9-10H,3-8,15H2,1-2H3. The molecule has 1 fully saturated rings. The summed E-state index contributed by atoms with van der Waals surface area (Å²) in [6.45, 7) is 5.05. The van der Waals surface area contributed by atoms with Crippen LogP contribution in [0, 0.1) is 5.92 Å². The molecule has 2 rings (SSSR count). The van der Waals surface area contributed by atoms with Gasteiger partial charge < -0.3 is 5.73 Å². The molecule has 1 aromatic heterocycles. The van der Waals surface area contributed by atoms with Crippen LogP contribution in [0.3, 0.4) is 0 Å². The van der Waals surface area contributed by atoms with Crippen molar-refractivity contribution in [3.05, 3.63) is 16.4 Å². The molecule has 0 saturated heterocycles. The van der Waals surface area contributed by atoms with Crippen molar-refractivity contribution < 1.29 is 0 Å². The maximum atomic E-state index is 6.38. The average Bonchev–Trinajstić information content (AvgIpc) is 2.53. The van der Waals surface area contributed by atoms with Crippen LogP contribution in [-0.4, -0.2) is 15.8 Å². The summed E-state index contributed by atoms with van der Waals surface area (Å²) in [5.41, 5.74) is 8.39. The van der Waals surface area contributed by atoms with Crippen molar-refractivity contribution in [2.45, 2.75) is 58.5 Å². The van der Waals surface area contributed by atoms with E-state index in [1.807, 2.05) is 4.68 Å². The van der Waals surface area contributed by atoms with Crippen molar-refractivity contribution in [2.75, 3.05) is 0 Å². The molecule has 1 aromatic rings. The van der Waals surface area contributed by atoms with E-state index in [0.29, 0.717) is 5.92 Å². The van der Waals surface area contributed by atoms with E-state index in [9.17, 15) is 0 Å². The van der Waals surface area contributed by atoms with Gasteiger partial charge in [0.15, 0.2) is 0 Å². The molecule has 1 aliphatic carbocycles. The number of aromatic nitrogens is 2. The Kier molecular flexibility index (Phi) is 4.10. The van der Waals surface area contributed by atoms with E-state index < -0.39 is 0 Å². The molecule has 1 heterocycles. The molecule has 1 unspecified atom stereocenters. The van der Waals surface area contributed by atoms with E-state index in [4.69, 9.17) is 17.3 Å². The van der Waals surface area contributed by atoms with Gasteiger partial charge in [-0.05, 0) is 32.1 Å². The van der Waals surface area contributed by atoms with Crippen molar-refractivity contribution in [1.29, 1.82) is 0 Å². The average molecular weight is 256 g/mol. The summed E-state index contributed by atoms with van der Waals surface area (Å²) < 4.78 is 2.01. The zero-order chi connectivity index (χ0) is 12.4. The third-order valence-corrected chi connectivity index (χ3v) is 4.31. The van der Waals surface area contributed by atoms with Crippen LogP contribution in [0.4, 0.5) is 0 Å². The van der Waals surface area contributed by atoms with Crippen molar-refractivity contribution in [3.8, 4) is 0 Å². The summed E-state index contributed by atoms with van der Waals surface area (Å²) in [4.78, 5) is 0. The number of nitrogens with two attached hydrogens (primary N) is 1. The van der Waals surface area contributed by atoms with Crippen LogP contribution in [0.2, 0.25) is 5.02 Å². The van der Waals surface area contributed by atoms with Crippen molar-refractivity contribution >= 4 is 11.6 Å². The molecule has 1 aliphatic rings.